The Morgan fingerprint density at radius 3 is 1.67 bits per heavy atom. The molecule has 0 aliphatic carbocycles. The summed E-state index contributed by atoms with van der Waals surface area (Å²) in [5.74, 6) is 1.73. The van der Waals surface area contributed by atoms with Crippen molar-refractivity contribution < 1.29 is 8.83 Å². The summed E-state index contributed by atoms with van der Waals surface area (Å²) in [6.45, 7) is 0. The number of hydrogen-bond donors (Lipinski definition) is 0. The highest BCUT2D eigenvalue weighted by Crippen LogP contribution is 2.43. The standard InChI is InChI=1S/C49H29N3O2/c1-3-12-30(13-4-1)31-22-24-33(25-23-31)47-50-48(34-26-27-38-37-17-9-10-20-42(37)53-44(38)28-34)52-49(51-47)40-29-41-45-35(32-14-5-2-6-15-32)19-11-21-43(45)54-46(41)39-18-8-7-16-36(39)40/h1-29H. The van der Waals surface area contributed by atoms with E-state index in [1.54, 1.807) is 0 Å². The minimum absolute atomic E-state index is 0.565. The molecule has 0 fully saturated rings. The Morgan fingerprint density at radius 2 is 0.870 bits per heavy atom. The van der Waals surface area contributed by atoms with Crippen molar-refractivity contribution in [2.24, 2.45) is 0 Å². The molecule has 0 aliphatic heterocycles. The molecular formula is C49H29N3O2. The summed E-state index contributed by atoms with van der Waals surface area (Å²) in [4.78, 5) is 15.6. The Morgan fingerprint density at radius 1 is 0.296 bits per heavy atom. The lowest BCUT2D eigenvalue weighted by atomic mass is 9.96. The second-order valence-electron chi connectivity index (χ2n) is 13.6. The van der Waals surface area contributed by atoms with E-state index in [1.165, 1.54) is 0 Å². The number of furan rings is 2. The van der Waals surface area contributed by atoms with Crippen molar-refractivity contribution in [3.8, 4) is 56.4 Å². The van der Waals surface area contributed by atoms with Crippen LogP contribution >= 0.6 is 0 Å². The van der Waals surface area contributed by atoms with Crippen molar-refractivity contribution in [2.75, 3.05) is 0 Å². The zero-order valence-corrected chi connectivity index (χ0v) is 28.9. The summed E-state index contributed by atoms with van der Waals surface area (Å²) >= 11 is 0. The largest absolute Gasteiger partial charge is 0.456 e. The number of para-hydroxylation sites is 1. The van der Waals surface area contributed by atoms with Crippen LogP contribution in [0.1, 0.15) is 0 Å². The normalized spacial score (nSPS) is 11.7. The lowest BCUT2D eigenvalue weighted by Crippen LogP contribution is -2.00. The van der Waals surface area contributed by atoms with Gasteiger partial charge in [0.15, 0.2) is 17.5 Å². The van der Waals surface area contributed by atoms with E-state index in [0.29, 0.717) is 17.5 Å². The summed E-state index contributed by atoms with van der Waals surface area (Å²) in [6.07, 6.45) is 0. The second-order valence-corrected chi connectivity index (χ2v) is 13.6. The average Bonchev–Trinajstić information content (AvgIpc) is 3.82. The zero-order valence-electron chi connectivity index (χ0n) is 28.9. The molecule has 0 spiro atoms. The number of benzene rings is 8. The van der Waals surface area contributed by atoms with Crippen LogP contribution in [0.25, 0.3) is 111 Å². The van der Waals surface area contributed by atoms with E-state index in [0.717, 1.165) is 93.6 Å². The van der Waals surface area contributed by atoms with Gasteiger partial charge in [-0.2, -0.15) is 0 Å². The highest BCUT2D eigenvalue weighted by atomic mass is 16.3. The van der Waals surface area contributed by atoms with Crippen LogP contribution in [0.3, 0.4) is 0 Å². The summed E-state index contributed by atoms with van der Waals surface area (Å²) in [6, 6.07) is 60.4. The Hall–Kier alpha value is -7.37. The van der Waals surface area contributed by atoms with Gasteiger partial charge in [-0.15, -0.1) is 0 Å². The monoisotopic (exact) mass is 691 g/mol. The maximum atomic E-state index is 6.65. The number of aromatic nitrogens is 3. The molecule has 0 saturated carbocycles. The molecule has 0 unspecified atom stereocenters. The van der Waals surface area contributed by atoms with Crippen LogP contribution in [-0.2, 0) is 0 Å². The van der Waals surface area contributed by atoms with Crippen LogP contribution in [0.4, 0.5) is 0 Å². The predicted octanol–water partition coefficient (Wildman–Crippen LogP) is 13.2. The first kappa shape index (κ1) is 30.3. The SMILES string of the molecule is c1ccc(-c2ccc(-c3nc(-c4ccc5c(c4)oc4ccccc45)nc(-c4cc5c(oc6cccc(-c7ccccc7)c65)c5ccccc45)n3)cc2)cc1. The van der Waals surface area contributed by atoms with Gasteiger partial charge in [0.1, 0.15) is 22.3 Å². The fourth-order valence-corrected chi connectivity index (χ4v) is 7.75. The van der Waals surface area contributed by atoms with Gasteiger partial charge in [-0.3, -0.25) is 0 Å². The molecule has 3 aromatic heterocycles. The molecule has 0 amide bonds. The number of hydrogen-bond acceptors (Lipinski definition) is 5. The van der Waals surface area contributed by atoms with Crippen molar-refractivity contribution in [1.29, 1.82) is 0 Å². The van der Waals surface area contributed by atoms with Gasteiger partial charge in [0.05, 0.1) is 0 Å². The third-order valence-electron chi connectivity index (χ3n) is 10.4. The first-order valence-electron chi connectivity index (χ1n) is 18.0. The van der Waals surface area contributed by atoms with E-state index in [9.17, 15) is 0 Å². The number of rotatable bonds is 5. The van der Waals surface area contributed by atoms with E-state index in [1.807, 2.05) is 42.5 Å². The van der Waals surface area contributed by atoms with Gasteiger partial charge in [0.2, 0.25) is 0 Å². The molecule has 0 radical (unpaired) electrons. The van der Waals surface area contributed by atoms with Gasteiger partial charge >= 0.3 is 0 Å². The van der Waals surface area contributed by atoms with E-state index in [-0.39, 0.29) is 0 Å². The maximum absolute atomic E-state index is 6.65. The van der Waals surface area contributed by atoms with Crippen LogP contribution in [-0.4, -0.2) is 15.0 Å². The molecule has 11 rings (SSSR count). The van der Waals surface area contributed by atoms with Crippen LogP contribution in [0.5, 0.6) is 0 Å². The third-order valence-corrected chi connectivity index (χ3v) is 10.4. The third kappa shape index (κ3) is 4.90. The summed E-state index contributed by atoms with van der Waals surface area (Å²) in [5.41, 5.74) is 10.5. The van der Waals surface area contributed by atoms with Gasteiger partial charge in [-0.05, 0) is 58.0 Å². The van der Waals surface area contributed by atoms with Crippen LogP contribution in [0.15, 0.2) is 185 Å². The fourth-order valence-electron chi connectivity index (χ4n) is 7.75. The predicted molar refractivity (Wildman–Crippen MR) is 219 cm³/mol. The smallest absolute Gasteiger partial charge is 0.164 e. The van der Waals surface area contributed by atoms with Gasteiger partial charge in [-0.25, -0.2) is 15.0 Å². The van der Waals surface area contributed by atoms with Crippen molar-refractivity contribution in [1.82, 2.24) is 15.0 Å². The molecule has 8 aromatic carbocycles. The molecule has 54 heavy (non-hydrogen) atoms. The summed E-state index contributed by atoms with van der Waals surface area (Å²) < 4.78 is 13.0. The zero-order chi connectivity index (χ0) is 35.6. The molecular weight excluding hydrogens is 663 g/mol. The van der Waals surface area contributed by atoms with Gasteiger partial charge in [0.25, 0.3) is 0 Å². The van der Waals surface area contributed by atoms with Gasteiger partial charge in [0, 0.05) is 43.6 Å². The maximum Gasteiger partial charge on any atom is 0.164 e. The molecule has 5 nitrogen and oxygen atoms in total. The molecule has 0 bridgehead atoms. The fraction of sp³-hybridized carbons (Fsp3) is 0. The molecule has 0 N–H and O–H groups in total. The van der Waals surface area contributed by atoms with E-state index >= 15 is 0 Å². The first-order chi connectivity index (χ1) is 26.7. The highest BCUT2D eigenvalue weighted by molar-refractivity contribution is 6.22. The Labute approximate surface area is 309 Å². The van der Waals surface area contributed by atoms with Gasteiger partial charge < -0.3 is 8.83 Å². The molecule has 3 heterocycles. The van der Waals surface area contributed by atoms with E-state index in [4.69, 9.17) is 23.8 Å². The topological polar surface area (TPSA) is 65.0 Å². The average molecular weight is 692 g/mol. The van der Waals surface area contributed by atoms with Crippen LogP contribution in [0.2, 0.25) is 0 Å². The highest BCUT2D eigenvalue weighted by Gasteiger charge is 2.21. The Bertz CT molecular complexity index is 3200. The number of nitrogens with zero attached hydrogens (tertiary/aromatic N) is 3. The second kappa shape index (κ2) is 12.1. The minimum Gasteiger partial charge on any atom is -0.456 e. The summed E-state index contributed by atoms with van der Waals surface area (Å²) in [5, 5.41) is 6.21. The van der Waals surface area contributed by atoms with Crippen molar-refractivity contribution in [2.45, 2.75) is 0 Å². The molecule has 11 aromatic rings. The van der Waals surface area contributed by atoms with Crippen molar-refractivity contribution >= 4 is 54.6 Å². The Kier molecular flexibility index (Phi) is 6.79. The van der Waals surface area contributed by atoms with Gasteiger partial charge in [-0.1, -0.05) is 146 Å². The summed E-state index contributed by atoms with van der Waals surface area (Å²) in [7, 11) is 0. The Balaban J connectivity index is 1.16. The van der Waals surface area contributed by atoms with Crippen molar-refractivity contribution in [3.05, 3.63) is 176 Å². The van der Waals surface area contributed by atoms with E-state index < -0.39 is 0 Å². The minimum atomic E-state index is 0.565. The molecule has 5 heteroatoms. The van der Waals surface area contributed by atoms with Crippen LogP contribution < -0.4 is 0 Å². The quantitative estimate of drug-likeness (QED) is 0.180. The lowest BCUT2D eigenvalue weighted by molar-refractivity contribution is 0.669. The number of fused-ring (bicyclic) bond motifs is 8. The first-order valence-corrected chi connectivity index (χ1v) is 18.0. The molecule has 0 atom stereocenters. The molecule has 0 saturated heterocycles. The van der Waals surface area contributed by atoms with Crippen molar-refractivity contribution in [3.63, 3.8) is 0 Å². The van der Waals surface area contributed by atoms with Crippen LogP contribution in [0, 0.1) is 0 Å². The molecule has 252 valence electrons. The lowest BCUT2D eigenvalue weighted by Gasteiger charge is -2.12. The van der Waals surface area contributed by atoms with E-state index in [2.05, 4.69) is 133 Å². The molecule has 0 aliphatic rings.